The van der Waals surface area contributed by atoms with Crippen LogP contribution in [0.2, 0.25) is 0 Å². The summed E-state index contributed by atoms with van der Waals surface area (Å²) in [6.45, 7) is 4.87. The summed E-state index contributed by atoms with van der Waals surface area (Å²) in [6.07, 6.45) is 3.79. The Bertz CT molecular complexity index is 806. The molecule has 6 heteroatoms. The van der Waals surface area contributed by atoms with Crippen molar-refractivity contribution in [1.29, 1.82) is 0 Å². The van der Waals surface area contributed by atoms with E-state index in [4.69, 9.17) is 4.74 Å². The van der Waals surface area contributed by atoms with Crippen molar-refractivity contribution in [3.05, 3.63) is 59.8 Å². The summed E-state index contributed by atoms with van der Waals surface area (Å²) in [5, 5.41) is 3.59. The van der Waals surface area contributed by atoms with Crippen LogP contribution in [0.15, 0.2) is 48.7 Å². The van der Waals surface area contributed by atoms with Crippen molar-refractivity contribution in [3.8, 4) is 0 Å². The lowest BCUT2D eigenvalue weighted by Gasteiger charge is -2.36. The SMILES string of the molecule is COCC1CCN(C(=O)c2cccnc2N2CCN[C@@H](c3ccccc3)C2)CC1. The number of aromatic nitrogens is 1. The van der Waals surface area contributed by atoms with Gasteiger partial charge in [0, 0.05) is 58.7 Å². The van der Waals surface area contributed by atoms with E-state index in [1.165, 1.54) is 5.56 Å². The molecule has 1 N–H and O–H groups in total. The lowest BCUT2D eigenvalue weighted by molar-refractivity contribution is 0.0613. The fraction of sp³-hybridized carbons (Fsp3) is 0.478. The zero-order valence-electron chi connectivity index (χ0n) is 17.1. The monoisotopic (exact) mass is 394 g/mol. The molecule has 0 saturated carbocycles. The largest absolute Gasteiger partial charge is 0.384 e. The van der Waals surface area contributed by atoms with Crippen molar-refractivity contribution in [2.45, 2.75) is 18.9 Å². The zero-order valence-corrected chi connectivity index (χ0v) is 17.1. The van der Waals surface area contributed by atoms with Crippen molar-refractivity contribution in [1.82, 2.24) is 15.2 Å². The molecule has 2 saturated heterocycles. The number of piperazine rings is 1. The predicted molar refractivity (Wildman–Crippen MR) is 114 cm³/mol. The lowest BCUT2D eigenvalue weighted by atomic mass is 9.97. The third kappa shape index (κ3) is 4.60. The van der Waals surface area contributed by atoms with Crippen molar-refractivity contribution < 1.29 is 9.53 Å². The second kappa shape index (κ2) is 9.37. The van der Waals surface area contributed by atoms with Crippen molar-refractivity contribution in [2.75, 3.05) is 51.3 Å². The molecular weight excluding hydrogens is 364 g/mol. The topological polar surface area (TPSA) is 57.7 Å². The second-order valence-corrected chi connectivity index (χ2v) is 7.93. The van der Waals surface area contributed by atoms with Gasteiger partial charge in [0.25, 0.3) is 5.91 Å². The van der Waals surface area contributed by atoms with Gasteiger partial charge in [-0.25, -0.2) is 4.98 Å². The van der Waals surface area contributed by atoms with Gasteiger partial charge in [-0.15, -0.1) is 0 Å². The molecule has 154 valence electrons. The summed E-state index contributed by atoms with van der Waals surface area (Å²) >= 11 is 0. The number of pyridine rings is 1. The number of methoxy groups -OCH3 is 1. The average Bonchev–Trinajstić information content (AvgIpc) is 2.80. The van der Waals surface area contributed by atoms with Crippen LogP contribution in [0.3, 0.4) is 0 Å². The van der Waals surface area contributed by atoms with Crippen LogP contribution < -0.4 is 10.2 Å². The van der Waals surface area contributed by atoms with E-state index < -0.39 is 0 Å². The number of ether oxygens (including phenoxy) is 1. The number of likely N-dealkylation sites (tertiary alicyclic amines) is 1. The number of carbonyl (C=O) groups is 1. The Morgan fingerprint density at radius 2 is 1.93 bits per heavy atom. The lowest BCUT2D eigenvalue weighted by Crippen LogP contribution is -2.47. The highest BCUT2D eigenvalue weighted by atomic mass is 16.5. The van der Waals surface area contributed by atoms with Crippen LogP contribution >= 0.6 is 0 Å². The number of piperidine rings is 1. The number of nitrogens with zero attached hydrogens (tertiary/aromatic N) is 3. The Hall–Kier alpha value is -2.44. The Labute approximate surface area is 172 Å². The highest BCUT2D eigenvalue weighted by molar-refractivity contribution is 5.99. The van der Waals surface area contributed by atoms with Crippen molar-refractivity contribution in [2.24, 2.45) is 5.92 Å². The van der Waals surface area contributed by atoms with Gasteiger partial charge in [0.1, 0.15) is 5.82 Å². The van der Waals surface area contributed by atoms with Gasteiger partial charge in [-0.05, 0) is 36.5 Å². The summed E-state index contributed by atoms with van der Waals surface area (Å²) < 4.78 is 5.28. The maximum atomic E-state index is 13.3. The van der Waals surface area contributed by atoms with Gasteiger partial charge < -0.3 is 19.9 Å². The molecule has 2 aromatic rings. The molecule has 0 radical (unpaired) electrons. The third-order valence-corrected chi connectivity index (χ3v) is 6.00. The summed E-state index contributed by atoms with van der Waals surface area (Å²) in [7, 11) is 1.75. The van der Waals surface area contributed by atoms with Crippen LogP contribution in [-0.2, 0) is 4.74 Å². The Kier molecular flexibility index (Phi) is 6.42. The number of benzene rings is 1. The molecule has 1 amide bonds. The van der Waals surface area contributed by atoms with Crippen LogP contribution in [0.5, 0.6) is 0 Å². The van der Waals surface area contributed by atoms with Crippen LogP contribution in [0.4, 0.5) is 5.82 Å². The van der Waals surface area contributed by atoms with Gasteiger partial charge in [0.15, 0.2) is 0 Å². The molecule has 3 heterocycles. The fourth-order valence-electron chi connectivity index (χ4n) is 4.38. The maximum absolute atomic E-state index is 13.3. The van der Waals surface area contributed by atoms with E-state index >= 15 is 0 Å². The second-order valence-electron chi connectivity index (χ2n) is 7.93. The third-order valence-electron chi connectivity index (χ3n) is 6.00. The molecule has 0 unspecified atom stereocenters. The number of carbonyl (C=O) groups excluding carboxylic acids is 1. The van der Waals surface area contributed by atoms with Gasteiger partial charge in [-0.3, -0.25) is 4.79 Å². The highest BCUT2D eigenvalue weighted by Gasteiger charge is 2.29. The van der Waals surface area contributed by atoms with E-state index in [2.05, 4.69) is 39.5 Å². The normalized spacial score (nSPS) is 20.7. The molecule has 1 atom stereocenters. The van der Waals surface area contributed by atoms with Crippen LogP contribution in [0, 0.1) is 5.92 Å². The Balaban J connectivity index is 1.49. The minimum atomic E-state index is 0.0961. The summed E-state index contributed by atoms with van der Waals surface area (Å²) in [5.41, 5.74) is 1.98. The maximum Gasteiger partial charge on any atom is 0.257 e. The molecule has 0 aliphatic carbocycles. The Morgan fingerprint density at radius 3 is 2.69 bits per heavy atom. The molecule has 2 aliphatic rings. The van der Waals surface area contributed by atoms with Crippen LogP contribution in [0.25, 0.3) is 0 Å². The molecule has 4 rings (SSSR count). The van der Waals surface area contributed by atoms with Gasteiger partial charge in [0.05, 0.1) is 5.56 Å². The minimum absolute atomic E-state index is 0.0961. The molecule has 2 aliphatic heterocycles. The van der Waals surface area contributed by atoms with E-state index in [0.717, 1.165) is 58.0 Å². The van der Waals surface area contributed by atoms with Crippen LogP contribution in [0.1, 0.15) is 34.8 Å². The smallest absolute Gasteiger partial charge is 0.257 e. The predicted octanol–water partition coefficient (Wildman–Crippen LogP) is 2.73. The molecule has 6 nitrogen and oxygen atoms in total. The number of anilines is 1. The number of rotatable bonds is 5. The first-order valence-corrected chi connectivity index (χ1v) is 10.5. The standard InChI is InChI=1S/C23H30N4O2/c1-29-17-18-9-13-26(14-10-18)23(28)20-8-5-11-25-22(20)27-15-12-24-21(16-27)19-6-3-2-4-7-19/h2-8,11,18,21,24H,9-10,12-17H2,1H3/t21-/m1/s1. The van der Waals surface area contributed by atoms with Crippen LogP contribution in [-0.4, -0.2) is 62.2 Å². The molecule has 29 heavy (non-hydrogen) atoms. The van der Waals surface area contributed by atoms with E-state index in [-0.39, 0.29) is 11.9 Å². The van der Waals surface area contributed by atoms with Crippen molar-refractivity contribution >= 4 is 11.7 Å². The summed E-state index contributed by atoms with van der Waals surface area (Å²) in [5.74, 6) is 1.45. The van der Waals surface area contributed by atoms with Gasteiger partial charge in [0.2, 0.25) is 0 Å². The molecule has 2 fully saturated rings. The summed E-state index contributed by atoms with van der Waals surface area (Å²) in [6, 6.07) is 14.5. The molecule has 0 spiro atoms. The fourth-order valence-corrected chi connectivity index (χ4v) is 4.38. The molecule has 1 aromatic carbocycles. The molecule has 0 bridgehead atoms. The number of hydrogen-bond acceptors (Lipinski definition) is 5. The van der Waals surface area contributed by atoms with Gasteiger partial charge >= 0.3 is 0 Å². The number of amides is 1. The minimum Gasteiger partial charge on any atom is -0.384 e. The number of hydrogen-bond donors (Lipinski definition) is 1. The molecule has 1 aromatic heterocycles. The first kappa shape index (κ1) is 19.9. The van der Waals surface area contributed by atoms with E-state index in [9.17, 15) is 4.79 Å². The van der Waals surface area contributed by atoms with E-state index in [1.54, 1.807) is 13.3 Å². The number of nitrogens with one attached hydrogen (secondary N) is 1. The summed E-state index contributed by atoms with van der Waals surface area (Å²) in [4.78, 5) is 22.1. The molecular formula is C23H30N4O2. The highest BCUT2D eigenvalue weighted by Crippen LogP contribution is 2.26. The zero-order chi connectivity index (χ0) is 20.1. The van der Waals surface area contributed by atoms with E-state index in [0.29, 0.717) is 11.5 Å². The van der Waals surface area contributed by atoms with E-state index in [1.807, 2.05) is 23.1 Å². The average molecular weight is 395 g/mol. The van der Waals surface area contributed by atoms with Gasteiger partial charge in [-0.1, -0.05) is 30.3 Å². The van der Waals surface area contributed by atoms with Crippen molar-refractivity contribution in [3.63, 3.8) is 0 Å². The quantitative estimate of drug-likeness (QED) is 0.845. The first-order valence-electron chi connectivity index (χ1n) is 10.5. The van der Waals surface area contributed by atoms with Gasteiger partial charge in [-0.2, -0.15) is 0 Å². The first-order chi connectivity index (χ1) is 14.3. The Morgan fingerprint density at radius 1 is 1.14 bits per heavy atom.